The molecule has 2 aromatic carbocycles. The number of carbonyl (C=O) groups is 1. The maximum absolute atomic E-state index is 13.2. The number of rotatable bonds is 6. The second kappa shape index (κ2) is 7.81. The lowest BCUT2D eigenvalue weighted by Gasteiger charge is -2.13. The van der Waals surface area contributed by atoms with Crippen LogP contribution in [0.2, 0.25) is 5.02 Å². The molecule has 0 aliphatic rings. The first-order valence-corrected chi connectivity index (χ1v) is 9.60. The number of furan rings is 1. The van der Waals surface area contributed by atoms with Crippen molar-refractivity contribution in [2.45, 2.75) is 11.4 Å². The third-order valence-electron chi connectivity index (χ3n) is 3.60. The number of para-hydroxylation sites is 1. The zero-order valence-corrected chi connectivity index (χ0v) is 15.4. The van der Waals surface area contributed by atoms with E-state index in [0.29, 0.717) is 5.76 Å². The molecule has 0 radical (unpaired) electrons. The first-order valence-electron chi connectivity index (χ1n) is 7.74. The quantitative estimate of drug-likeness (QED) is 0.649. The van der Waals surface area contributed by atoms with Gasteiger partial charge < -0.3 is 9.73 Å². The van der Waals surface area contributed by atoms with Gasteiger partial charge in [0, 0.05) is 0 Å². The molecule has 2 N–H and O–H groups in total. The average molecular weight is 409 g/mol. The molecule has 3 aromatic rings. The first-order chi connectivity index (χ1) is 12.9. The number of sulfonamides is 1. The molecule has 0 saturated carbocycles. The predicted molar refractivity (Wildman–Crippen MR) is 98.5 cm³/mol. The molecular formula is C18H14ClFN2O4S. The summed E-state index contributed by atoms with van der Waals surface area (Å²) in [5.74, 6) is -0.592. The van der Waals surface area contributed by atoms with E-state index in [1.54, 1.807) is 24.3 Å². The van der Waals surface area contributed by atoms with E-state index in [4.69, 9.17) is 16.0 Å². The van der Waals surface area contributed by atoms with Gasteiger partial charge >= 0.3 is 0 Å². The Morgan fingerprint density at radius 1 is 1.11 bits per heavy atom. The van der Waals surface area contributed by atoms with Crippen molar-refractivity contribution in [2.75, 3.05) is 4.72 Å². The summed E-state index contributed by atoms with van der Waals surface area (Å²) < 4.78 is 45.8. The molecule has 0 saturated heterocycles. The van der Waals surface area contributed by atoms with E-state index in [2.05, 4.69) is 10.0 Å². The second-order valence-corrected chi connectivity index (χ2v) is 7.55. The Morgan fingerprint density at radius 2 is 1.89 bits per heavy atom. The zero-order chi connectivity index (χ0) is 19.4. The average Bonchev–Trinajstić information content (AvgIpc) is 3.13. The van der Waals surface area contributed by atoms with Crippen LogP contribution in [0.4, 0.5) is 10.1 Å². The number of benzene rings is 2. The van der Waals surface area contributed by atoms with Gasteiger partial charge in [0.2, 0.25) is 0 Å². The van der Waals surface area contributed by atoms with Crippen molar-refractivity contribution in [3.05, 3.63) is 83.0 Å². The van der Waals surface area contributed by atoms with Crippen molar-refractivity contribution in [3.63, 3.8) is 0 Å². The Morgan fingerprint density at radius 3 is 2.59 bits per heavy atom. The molecule has 0 aliphatic carbocycles. The van der Waals surface area contributed by atoms with Gasteiger partial charge in [0.25, 0.3) is 15.9 Å². The molecule has 0 spiro atoms. The highest BCUT2D eigenvalue weighted by Crippen LogP contribution is 2.26. The van der Waals surface area contributed by atoms with Crippen molar-refractivity contribution in [2.24, 2.45) is 0 Å². The molecule has 1 heterocycles. The third-order valence-corrected chi connectivity index (χ3v) is 5.45. The number of hydrogen-bond acceptors (Lipinski definition) is 4. The summed E-state index contributed by atoms with van der Waals surface area (Å²) in [6.07, 6.45) is 1.48. The summed E-state index contributed by atoms with van der Waals surface area (Å²) in [5.41, 5.74) is 0.181. The fourth-order valence-electron chi connectivity index (χ4n) is 2.34. The van der Waals surface area contributed by atoms with Crippen molar-refractivity contribution in [1.82, 2.24) is 5.32 Å². The van der Waals surface area contributed by atoms with Gasteiger partial charge in [-0.3, -0.25) is 9.52 Å². The molecule has 0 bridgehead atoms. The number of nitrogens with one attached hydrogen (secondary N) is 2. The number of hydrogen-bond donors (Lipinski definition) is 2. The highest BCUT2D eigenvalue weighted by atomic mass is 35.5. The minimum Gasteiger partial charge on any atom is -0.467 e. The molecule has 1 aromatic heterocycles. The van der Waals surface area contributed by atoms with E-state index >= 15 is 0 Å². The minimum absolute atomic E-state index is 0.0647. The van der Waals surface area contributed by atoms with Crippen LogP contribution in [-0.4, -0.2) is 14.3 Å². The molecule has 6 nitrogen and oxygen atoms in total. The number of anilines is 1. The van der Waals surface area contributed by atoms with Crippen LogP contribution in [0.5, 0.6) is 0 Å². The molecular weight excluding hydrogens is 395 g/mol. The Kier molecular flexibility index (Phi) is 5.48. The first kappa shape index (κ1) is 18.9. The number of carbonyl (C=O) groups excluding carboxylic acids is 1. The van der Waals surface area contributed by atoms with E-state index in [1.807, 2.05) is 0 Å². The summed E-state index contributed by atoms with van der Waals surface area (Å²) in [5, 5.41) is 2.38. The third kappa shape index (κ3) is 4.47. The number of halogens is 2. The van der Waals surface area contributed by atoms with Crippen molar-refractivity contribution < 1.29 is 22.0 Å². The summed E-state index contributed by atoms with van der Waals surface area (Å²) in [4.78, 5) is 12.1. The molecule has 1 amide bonds. The van der Waals surface area contributed by atoms with Crippen LogP contribution in [0, 0.1) is 5.82 Å². The van der Waals surface area contributed by atoms with Gasteiger partial charge in [-0.05, 0) is 42.5 Å². The summed E-state index contributed by atoms with van der Waals surface area (Å²) in [6, 6.07) is 12.4. The minimum atomic E-state index is -4.12. The van der Waals surface area contributed by atoms with Crippen molar-refractivity contribution >= 4 is 33.2 Å². The van der Waals surface area contributed by atoms with Gasteiger partial charge in [-0.15, -0.1) is 0 Å². The molecule has 0 atom stereocenters. The van der Waals surface area contributed by atoms with E-state index in [1.165, 1.54) is 18.4 Å². The second-order valence-electron chi connectivity index (χ2n) is 5.49. The molecule has 3 rings (SSSR count). The van der Waals surface area contributed by atoms with Gasteiger partial charge in [0.1, 0.15) is 16.5 Å². The van der Waals surface area contributed by atoms with Crippen LogP contribution in [0.15, 0.2) is 70.2 Å². The van der Waals surface area contributed by atoms with Crippen LogP contribution in [-0.2, 0) is 16.6 Å². The van der Waals surface area contributed by atoms with Crippen molar-refractivity contribution in [3.8, 4) is 0 Å². The van der Waals surface area contributed by atoms with E-state index in [0.717, 1.165) is 18.2 Å². The maximum atomic E-state index is 13.2. The zero-order valence-electron chi connectivity index (χ0n) is 13.8. The van der Waals surface area contributed by atoms with Gasteiger partial charge in [0.05, 0.1) is 29.1 Å². The monoisotopic (exact) mass is 408 g/mol. The van der Waals surface area contributed by atoms with Gasteiger partial charge in [-0.25, -0.2) is 12.8 Å². The lowest BCUT2D eigenvalue weighted by atomic mass is 10.1. The van der Waals surface area contributed by atoms with Crippen LogP contribution < -0.4 is 10.0 Å². The molecule has 27 heavy (non-hydrogen) atoms. The molecule has 0 fully saturated rings. The Hall–Kier alpha value is -2.84. The summed E-state index contributed by atoms with van der Waals surface area (Å²) >= 11 is 5.84. The molecule has 0 unspecified atom stereocenters. The van der Waals surface area contributed by atoms with Crippen LogP contribution >= 0.6 is 11.6 Å². The predicted octanol–water partition coefficient (Wildman–Crippen LogP) is 3.80. The van der Waals surface area contributed by atoms with Crippen molar-refractivity contribution in [1.29, 1.82) is 0 Å². The van der Waals surface area contributed by atoms with Gasteiger partial charge in [-0.1, -0.05) is 23.7 Å². The van der Waals surface area contributed by atoms with Crippen LogP contribution in [0.25, 0.3) is 0 Å². The maximum Gasteiger partial charge on any atom is 0.263 e. The fraction of sp³-hybridized carbons (Fsp3) is 0.0556. The summed E-state index contributed by atoms with van der Waals surface area (Å²) in [7, 11) is -4.12. The van der Waals surface area contributed by atoms with Crippen LogP contribution in [0.3, 0.4) is 0 Å². The van der Waals surface area contributed by atoms with Crippen LogP contribution in [0.1, 0.15) is 16.1 Å². The SMILES string of the molecule is O=C(NCc1ccco1)c1ccccc1NS(=O)(=O)c1ccc(F)cc1Cl. The lowest BCUT2D eigenvalue weighted by Crippen LogP contribution is -2.24. The standard InChI is InChI=1S/C18H14ClFN2O4S/c19-15-10-12(20)7-8-17(15)27(24,25)22-16-6-2-1-5-14(16)18(23)21-11-13-4-3-9-26-13/h1-10,22H,11H2,(H,21,23). The number of amides is 1. The molecule has 0 aliphatic heterocycles. The molecule has 140 valence electrons. The Labute approximate surface area is 160 Å². The van der Waals surface area contributed by atoms with E-state index in [9.17, 15) is 17.6 Å². The normalized spacial score (nSPS) is 11.2. The van der Waals surface area contributed by atoms with Gasteiger partial charge in [0.15, 0.2) is 0 Å². The fourth-order valence-corrected chi connectivity index (χ4v) is 3.95. The molecule has 9 heteroatoms. The summed E-state index contributed by atoms with van der Waals surface area (Å²) in [6.45, 7) is 0.150. The highest BCUT2D eigenvalue weighted by Gasteiger charge is 2.21. The van der Waals surface area contributed by atoms with Gasteiger partial charge in [-0.2, -0.15) is 0 Å². The Balaban J connectivity index is 1.84. The highest BCUT2D eigenvalue weighted by molar-refractivity contribution is 7.92. The lowest BCUT2D eigenvalue weighted by molar-refractivity contribution is 0.0949. The topological polar surface area (TPSA) is 88.4 Å². The Bertz CT molecular complexity index is 1070. The largest absolute Gasteiger partial charge is 0.467 e. The van der Waals surface area contributed by atoms with E-state index in [-0.39, 0.29) is 27.7 Å². The van der Waals surface area contributed by atoms with E-state index < -0.39 is 21.7 Å². The smallest absolute Gasteiger partial charge is 0.263 e.